The fraction of sp³-hybridized carbons (Fsp3) is 0.579. The van der Waals surface area contributed by atoms with Crippen molar-refractivity contribution in [3.63, 3.8) is 0 Å². The van der Waals surface area contributed by atoms with Crippen molar-refractivity contribution in [1.29, 1.82) is 0 Å². The van der Waals surface area contributed by atoms with Gasteiger partial charge in [-0.15, -0.1) is 0 Å². The monoisotopic (exact) mass is 711 g/mol. The third kappa shape index (κ3) is 9.67. The molecule has 0 saturated carbocycles. The summed E-state index contributed by atoms with van der Waals surface area (Å²) in [5.74, 6) is 0.425. The third-order valence-corrected chi connectivity index (χ3v) is 10.9. The van der Waals surface area contributed by atoms with Gasteiger partial charge in [0.05, 0.1) is 0 Å². The third-order valence-electron chi connectivity index (χ3n) is 4.28. The predicted molar refractivity (Wildman–Crippen MR) is 131 cm³/mol. The number of thioether (sulfide) groups is 1. The van der Waals surface area contributed by atoms with E-state index in [9.17, 15) is 9.46 Å². The van der Waals surface area contributed by atoms with E-state index < -0.39 is 46.4 Å². The Labute approximate surface area is 219 Å². The fourth-order valence-corrected chi connectivity index (χ4v) is 6.76. The molecule has 1 aromatic carbocycles. The Morgan fingerprint density at radius 1 is 1.39 bits per heavy atom. The van der Waals surface area contributed by atoms with Gasteiger partial charge in [0.2, 0.25) is 0 Å². The molecular formula is C19H27BI2O6PS2-2. The van der Waals surface area contributed by atoms with Crippen LogP contribution in [0.15, 0.2) is 47.0 Å². The number of hydrogen-bond donors (Lipinski definition) is 1. The Kier molecular flexibility index (Phi) is 12.1. The van der Waals surface area contributed by atoms with Crippen LogP contribution in [0.1, 0.15) is 34.1 Å². The zero-order valence-electron chi connectivity index (χ0n) is 17.8. The van der Waals surface area contributed by atoms with Crippen LogP contribution in [-0.2, 0) is 21.6 Å². The van der Waals surface area contributed by atoms with E-state index in [0.717, 1.165) is 4.90 Å². The van der Waals surface area contributed by atoms with Crippen molar-refractivity contribution in [1.82, 2.24) is 0 Å². The Bertz CT molecular complexity index is 769. The first-order valence-corrected chi connectivity index (χ1v) is 16.0. The summed E-state index contributed by atoms with van der Waals surface area (Å²) in [4.78, 5) is 13.8. The van der Waals surface area contributed by atoms with Gasteiger partial charge in [-0.1, -0.05) is 0 Å². The van der Waals surface area contributed by atoms with E-state index in [1.54, 1.807) is 39.5 Å². The summed E-state index contributed by atoms with van der Waals surface area (Å²) in [6.07, 6.45) is 0.931. The van der Waals surface area contributed by atoms with Gasteiger partial charge >= 0.3 is 222 Å². The molecule has 1 aliphatic rings. The maximum atomic E-state index is 12.7. The molecule has 1 aliphatic heterocycles. The molecule has 31 heavy (non-hydrogen) atoms. The molecule has 0 fully saturated rings. The minimum atomic E-state index is -4.11. The number of alkyl halides is 1. The van der Waals surface area contributed by atoms with Crippen molar-refractivity contribution in [3.05, 3.63) is 42.1 Å². The van der Waals surface area contributed by atoms with Gasteiger partial charge in [-0.25, -0.2) is 0 Å². The second-order valence-corrected chi connectivity index (χ2v) is 15.3. The van der Waals surface area contributed by atoms with Crippen LogP contribution in [0.3, 0.4) is 0 Å². The van der Waals surface area contributed by atoms with Crippen LogP contribution >= 0.6 is 54.6 Å². The molecule has 4 atom stereocenters. The summed E-state index contributed by atoms with van der Waals surface area (Å²) in [5.41, 5.74) is 0.666. The summed E-state index contributed by atoms with van der Waals surface area (Å²) in [7, 11) is -4.11. The quantitative estimate of drug-likeness (QED) is 0.0637. The Morgan fingerprint density at radius 3 is 2.68 bits per heavy atom. The van der Waals surface area contributed by atoms with Crippen LogP contribution in [0.5, 0.6) is 0 Å². The van der Waals surface area contributed by atoms with Crippen LogP contribution in [0.2, 0.25) is 0 Å². The second kappa shape index (κ2) is 13.2. The van der Waals surface area contributed by atoms with Crippen molar-refractivity contribution in [2.45, 2.75) is 65.9 Å². The SMILES string of the molecule is CC(C)OP(=O)([O-])C(C)(C)CC1OC([B][I-]OC(S)I)=CC1OCSc1ccccc1. The minimum absolute atomic E-state index is 0.174. The zero-order valence-corrected chi connectivity index (χ0v) is 24.7. The molecule has 0 saturated heterocycles. The number of ether oxygens (including phenoxy) is 2. The molecule has 4 unspecified atom stereocenters. The van der Waals surface area contributed by atoms with E-state index in [1.165, 1.54) is 0 Å². The number of benzene rings is 1. The van der Waals surface area contributed by atoms with Gasteiger partial charge in [0.1, 0.15) is 0 Å². The summed E-state index contributed by atoms with van der Waals surface area (Å²) in [6.45, 7) is 6.75. The van der Waals surface area contributed by atoms with Crippen LogP contribution in [-0.4, -0.2) is 38.0 Å². The van der Waals surface area contributed by atoms with Gasteiger partial charge in [-0.05, 0) is 0 Å². The zero-order chi connectivity index (χ0) is 23.1. The van der Waals surface area contributed by atoms with Gasteiger partial charge in [-0.3, -0.25) is 0 Å². The number of thiol groups is 1. The molecule has 1 aromatic rings. The first-order valence-electron chi connectivity index (χ1n) is 9.62. The first-order chi connectivity index (χ1) is 14.5. The van der Waals surface area contributed by atoms with Gasteiger partial charge in [0.25, 0.3) is 0 Å². The van der Waals surface area contributed by atoms with Crippen molar-refractivity contribution in [2.75, 3.05) is 5.94 Å². The van der Waals surface area contributed by atoms with Crippen LogP contribution < -0.4 is 26.3 Å². The molecule has 1 radical (unpaired) electrons. The van der Waals surface area contributed by atoms with E-state index in [-0.39, 0.29) is 16.0 Å². The van der Waals surface area contributed by atoms with E-state index >= 15 is 0 Å². The molecule has 0 spiro atoms. The molecule has 175 valence electrons. The predicted octanol–water partition coefficient (Wildman–Crippen LogP) is 1.80. The molecule has 0 aliphatic carbocycles. The van der Waals surface area contributed by atoms with Crippen molar-refractivity contribution >= 4 is 59.7 Å². The Hall–Kier alpha value is 1.05. The molecular weight excluding hydrogens is 684 g/mol. The van der Waals surface area contributed by atoms with E-state index in [2.05, 4.69) is 35.2 Å². The average molecular weight is 711 g/mol. The van der Waals surface area contributed by atoms with E-state index in [1.807, 2.05) is 41.5 Å². The molecule has 6 nitrogen and oxygen atoms in total. The number of rotatable bonds is 13. The molecule has 12 heteroatoms. The average Bonchev–Trinajstić information content (AvgIpc) is 3.02. The van der Waals surface area contributed by atoms with Crippen molar-refractivity contribution < 1.29 is 47.9 Å². The second-order valence-electron chi connectivity index (χ2n) is 7.68. The molecule has 0 N–H and O–H groups in total. The first kappa shape index (κ1) is 28.3. The number of hydrogen-bond acceptors (Lipinski definition) is 8. The summed E-state index contributed by atoms with van der Waals surface area (Å²) < 4.78 is 35.5. The van der Waals surface area contributed by atoms with E-state index in [0.29, 0.717) is 11.6 Å². The Morgan fingerprint density at radius 2 is 2.06 bits per heavy atom. The van der Waals surface area contributed by atoms with Gasteiger partial charge in [-0.2, -0.15) is 0 Å². The summed E-state index contributed by atoms with van der Waals surface area (Å²) in [6, 6.07) is 9.96. The molecule has 0 aromatic heterocycles. The molecule has 0 bridgehead atoms. The summed E-state index contributed by atoms with van der Waals surface area (Å²) >= 11 is 7.18. The van der Waals surface area contributed by atoms with Crippen LogP contribution in [0, 0.1) is 0 Å². The van der Waals surface area contributed by atoms with Crippen molar-refractivity contribution in [2.24, 2.45) is 0 Å². The standard InChI is InChI=1S/C19H28BI2O6PS2/c1-13(2)28-29(23,24)19(3,4)11-16-15(10-17(26-16)20-22-27-18(21)30)25-12-31-14-8-6-5-7-9-14/h5-10,13,15-16,18,30H,11-12H2,1-4H3,(H,23,24)/q-1/p-1. The van der Waals surface area contributed by atoms with Crippen LogP contribution in [0.4, 0.5) is 0 Å². The Balaban J connectivity index is 2.04. The topological polar surface area (TPSA) is 77.1 Å². The molecule has 2 rings (SSSR count). The van der Waals surface area contributed by atoms with Crippen LogP contribution in [0.25, 0.3) is 0 Å². The van der Waals surface area contributed by atoms with Gasteiger partial charge in [0.15, 0.2) is 0 Å². The normalized spacial score (nSPS) is 22.1. The maximum absolute atomic E-state index is 12.7. The molecule has 0 amide bonds. The fourth-order valence-electron chi connectivity index (χ4n) is 2.76. The van der Waals surface area contributed by atoms with Gasteiger partial charge < -0.3 is 0 Å². The van der Waals surface area contributed by atoms with Crippen molar-refractivity contribution in [3.8, 4) is 0 Å². The number of halogens is 2. The van der Waals surface area contributed by atoms with E-state index in [4.69, 9.17) is 17.1 Å². The molecule has 1 heterocycles. The van der Waals surface area contributed by atoms with Gasteiger partial charge in [0, 0.05) is 0 Å². The summed E-state index contributed by atoms with van der Waals surface area (Å²) in [5, 5.41) is 0.805.